The molecule has 10 heteroatoms. The molecule has 0 aliphatic carbocycles. The Bertz CT molecular complexity index is 1520. The highest BCUT2D eigenvalue weighted by Crippen LogP contribution is 2.35. The molecule has 39 heavy (non-hydrogen) atoms. The summed E-state index contributed by atoms with van der Waals surface area (Å²) in [4.78, 5) is 19.4. The van der Waals surface area contributed by atoms with Gasteiger partial charge in [0, 0.05) is 30.9 Å². The van der Waals surface area contributed by atoms with Gasteiger partial charge in [-0.1, -0.05) is 13.5 Å². The zero-order chi connectivity index (χ0) is 27.9. The molecule has 0 bridgehead atoms. The van der Waals surface area contributed by atoms with Crippen molar-refractivity contribution in [1.82, 2.24) is 29.4 Å². The molecule has 1 aromatic carbocycles. The molecular formula is C29H33F2N7O. The van der Waals surface area contributed by atoms with Gasteiger partial charge in [-0.25, -0.2) is 28.7 Å². The number of nitrogens with one attached hydrogen (secondary N) is 1. The van der Waals surface area contributed by atoms with Crippen LogP contribution in [-0.2, 0) is 0 Å². The van der Waals surface area contributed by atoms with E-state index in [9.17, 15) is 13.9 Å². The molecule has 2 N–H and O–H groups in total. The molecule has 204 valence electrons. The summed E-state index contributed by atoms with van der Waals surface area (Å²) in [6, 6.07) is 6.54. The van der Waals surface area contributed by atoms with Crippen molar-refractivity contribution in [2.24, 2.45) is 0 Å². The van der Waals surface area contributed by atoms with Crippen molar-refractivity contribution in [3.8, 4) is 11.3 Å². The van der Waals surface area contributed by atoms with Gasteiger partial charge in [-0.15, -0.1) is 0 Å². The minimum Gasteiger partial charge on any atom is -0.385 e. The number of rotatable bonds is 7. The summed E-state index contributed by atoms with van der Waals surface area (Å²) in [6.45, 7) is 14.6. The number of nitrogens with zero attached hydrogens (tertiary/aromatic N) is 6. The third kappa shape index (κ3) is 5.14. The van der Waals surface area contributed by atoms with E-state index in [0.29, 0.717) is 35.6 Å². The fourth-order valence-electron chi connectivity index (χ4n) is 5.26. The molecule has 0 saturated carbocycles. The third-order valence-corrected chi connectivity index (χ3v) is 7.50. The molecule has 4 aromatic rings. The minimum atomic E-state index is -0.961. The lowest BCUT2D eigenvalue weighted by molar-refractivity contribution is 0.0294. The number of anilines is 2. The molecule has 0 amide bonds. The average Bonchev–Trinajstić information content (AvgIpc) is 3.27. The van der Waals surface area contributed by atoms with Gasteiger partial charge < -0.3 is 19.9 Å². The molecule has 1 aliphatic heterocycles. The standard InChI is InChI=1S/C29H33F2N7O/c1-6-37-11-9-29(39,10-12-37)18(4)20-7-8-25(32-15-20)35-28-33-16-23(31)26(36-28)21-13-22(30)27-24(14-21)38(17(2)3)19(5)34-27/h7-8,13-17,39H,4,6,9-12H2,1-3,5H3,(H,32,33,35,36). The molecule has 0 spiro atoms. The maximum Gasteiger partial charge on any atom is 0.229 e. The molecule has 0 radical (unpaired) electrons. The van der Waals surface area contributed by atoms with Gasteiger partial charge in [0.25, 0.3) is 0 Å². The van der Waals surface area contributed by atoms with Crippen LogP contribution in [0.4, 0.5) is 20.5 Å². The number of aryl methyl sites for hydroxylation is 1. The van der Waals surface area contributed by atoms with Crippen LogP contribution < -0.4 is 5.32 Å². The van der Waals surface area contributed by atoms with Crippen LogP contribution in [0.3, 0.4) is 0 Å². The Hall–Kier alpha value is -3.76. The van der Waals surface area contributed by atoms with Crippen LogP contribution in [0.2, 0.25) is 0 Å². The van der Waals surface area contributed by atoms with Gasteiger partial charge >= 0.3 is 0 Å². The smallest absolute Gasteiger partial charge is 0.229 e. The first-order chi connectivity index (χ1) is 18.6. The zero-order valence-corrected chi connectivity index (χ0v) is 22.7. The summed E-state index contributed by atoms with van der Waals surface area (Å²) in [5.74, 6) is 0.0140. The Morgan fingerprint density at radius 1 is 1.10 bits per heavy atom. The van der Waals surface area contributed by atoms with Gasteiger partial charge in [0.15, 0.2) is 11.6 Å². The topological polar surface area (TPSA) is 92.0 Å². The second-order valence-electron chi connectivity index (χ2n) is 10.3. The monoisotopic (exact) mass is 533 g/mol. The van der Waals surface area contributed by atoms with Gasteiger partial charge in [0.2, 0.25) is 5.95 Å². The highest BCUT2D eigenvalue weighted by Gasteiger charge is 2.35. The SMILES string of the molecule is C=C(c1ccc(Nc2ncc(F)c(-c3cc(F)c4nc(C)n(C(C)C)c4c3)n2)nc1)C1(O)CCN(CC)CC1. The summed E-state index contributed by atoms with van der Waals surface area (Å²) in [5, 5.41) is 14.1. The van der Waals surface area contributed by atoms with Crippen molar-refractivity contribution in [3.63, 3.8) is 0 Å². The lowest BCUT2D eigenvalue weighted by Gasteiger charge is -2.39. The highest BCUT2D eigenvalue weighted by molar-refractivity contribution is 5.83. The molecule has 1 aliphatic rings. The lowest BCUT2D eigenvalue weighted by Crippen LogP contribution is -2.44. The van der Waals surface area contributed by atoms with E-state index >= 15 is 0 Å². The molecular weight excluding hydrogens is 500 g/mol. The minimum absolute atomic E-state index is 0.0342. The Labute approximate surface area is 226 Å². The molecule has 0 atom stereocenters. The second kappa shape index (κ2) is 10.4. The Morgan fingerprint density at radius 2 is 1.85 bits per heavy atom. The van der Waals surface area contributed by atoms with E-state index in [1.54, 1.807) is 18.3 Å². The number of piperidine rings is 1. The molecule has 1 fully saturated rings. The number of hydrogen-bond donors (Lipinski definition) is 2. The predicted molar refractivity (Wildman–Crippen MR) is 149 cm³/mol. The van der Waals surface area contributed by atoms with Gasteiger partial charge in [-0.2, -0.15) is 0 Å². The summed E-state index contributed by atoms with van der Waals surface area (Å²) >= 11 is 0. The van der Waals surface area contributed by atoms with Crippen LogP contribution in [0.1, 0.15) is 51.0 Å². The second-order valence-corrected chi connectivity index (χ2v) is 10.3. The number of fused-ring (bicyclic) bond motifs is 1. The number of aliphatic hydroxyl groups is 1. The largest absolute Gasteiger partial charge is 0.385 e. The van der Waals surface area contributed by atoms with Crippen LogP contribution >= 0.6 is 0 Å². The first-order valence-electron chi connectivity index (χ1n) is 13.2. The van der Waals surface area contributed by atoms with Gasteiger partial charge in [0.1, 0.15) is 22.9 Å². The Balaban J connectivity index is 1.38. The maximum atomic E-state index is 15.0. The summed E-state index contributed by atoms with van der Waals surface area (Å²) < 4.78 is 31.7. The Kier molecular flexibility index (Phi) is 7.17. The van der Waals surface area contributed by atoms with Crippen molar-refractivity contribution in [1.29, 1.82) is 0 Å². The van der Waals surface area contributed by atoms with Crippen molar-refractivity contribution < 1.29 is 13.9 Å². The fourth-order valence-corrected chi connectivity index (χ4v) is 5.26. The average molecular weight is 534 g/mol. The molecule has 3 aromatic heterocycles. The number of hydrogen-bond acceptors (Lipinski definition) is 7. The number of halogens is 2. The number of aromatic nitrogens is 5. The van der Waals surface area contributed by atoms with E-state index < -0.39 is 17.2 Å². The Morgan fingerprint density at radius 3 is 2.49 bits per heavy atom. The van der Waals surface area contributed by atoms with Crippen molar-refractivity contribution in [3.05, 3.63) is 66.3 Å². The predicted octanol–water partition coefficient (Wildman–Crippen LogP) is 5.66. The molecule has 4 heterocycles. The van der Waals surface area contributed by atoms with Crippen molar-refractivity contribution in [2.75, 3.05) is 25.0 Å². The maximum absolute atomic E-state index is 15.0. The quantitative estimate of drug-likeness (QED) is 0.317. The first kappa shape index (κ1) is 26.8. The van der Waals surface area contributed by atoms with Crippen LogP contribution in [-0.4, -0.2) is 59.7 Å². The third-order valence-electron chi connectivity index (χ3n) is 7.50. The van der Waals surface area contributed by atoms with E-state index in [-0.39, 0.29) is 28.8 Å². The van der Waals surface area contributed by atoms with Crippen LogP contribution in [0, 0.1) is 18.6 Å². The van der Waals surface area contributed by atoms with Crippen molar-refractivity contribution in [2.45, 2.75) is 52.2 Å². The molecule has 1 saturated heterocycles. The van der Waals surface area contributed by atoms with Crippen LogP contribution in [0.5, 0.6) is 0 Å². The molecule has 5 rings (SSSR count). The van der Waals surface area contributed by atoms with E-state index in [1.165, 1.54) is 6.07 Å². The van der Waals surface area contributed by atoms with E-state index in [1.807, 2.05) is 31.4 Å². The summed E-state index contributed by atoms with van der Waals surface area (Å²) in [7, 11) is 0. The van der Waals surface area contributed by atoms with Gasteiger partial charge in [0.05, 0.1) is 17.3 Å². The lowest BCUT2D eigenvalue weighted by atomic mass is 9.82. The highest BCUT2D eigenvalue weighted by atomic mass is 19.1. The van der Waals surface area contributed by atoms with Crippen LogP contribution in [0.15, 0.2) is 43.2 Å². The van der Waals surface area contributed by atoms with E-state index in [4.69, 9.17) is 0 Å². The van der Waals surface area contributed by atoms with Crippen molar-refractivity contribution >= 4 is 28.4 Å². The molecule has 0 unspecified atom stereocenters. The number of pyridine rings is 1. The van der Waals surface area contributed by atoms with E-state index in [0.717, 1.165) is 31.4 Å². The number of benzene rings is 1. The van der Waals surface area contributed by atoms with Gasteiger partial charge in [-0.05, 0) is 75.6 Å². The van der Waals surface area contributed by atoms with E-state index in [2.05, 4.69) is 43.7 Å². The molecule has 8 nitrogen and oxygen atoms in total. The first-order valence-corrected chi connectivity index (χ1v) is 13.2. The summed E-state index contributed by atoms with van der Waals surface area (Å²) in [6.07, 6.45) is 3.93. The summed E-state index contributed by atoms with van der Waals surface area (Å²) in [5.41, 5.74) is 1.49. The number of likely N-dealkylation sites (tertiary alicyclic amines) is 1. The fraction of sp³-hybridized carbons (Fsp3) is 0.379. The van der Waals surface area contributed by atoms with Gasteiger partial charge in [-0.3, -0.25) is 0 Å². The number of imidazole rings is 1. The van der Waals surface area contributed by atoms with Crippen LogP contribution in [0.25, 0.3) is 27.9 Å². The zero-order valence-electron chi connectivity index (χ0n) is 22.7. The normalized spacial score (nSPS) is 15.7.